The molecule has 20 heavy (non-hydrogen) atoms. The molecule has 2 fully saturated rings. The molecule has 0 amide bonds. The van der Waals surface area contributed by atoms with Crippen molar-refractivity contribution in [1.29, 1.82) is 0 Å². The first-order valence-corrected chi connectivity index (χ1v) is 8.90. The minimum atomic E-state index is -0.156. The molecule has 0 aromatic heterocycles. The first-order valence-electron chi connectivity index (χ1n) is 8.90. The van der Waals surface area contributed by atoms with E-state index in [2.05, 4.69) is 13.8 Å². The summed E-state index contributed by atoms with van der Waals surface area (Å²) in [7, 11) is 0. The second-order valence-electron chi connectivity index (χ2n) is 7.08. The summed E-state index contributed by atoms with van der Waals surface area (Å²) in [6.45, 7) is 4.38. The summed E-state index contributed by atoms with van der Waals surface area (Å²) >= 11 is 0. The Morgan fingerprint density at radius 2 is 1.45 bits per heavy atom. The van der Waals surface area contributed by atoms with Crippen molar-refractivity contribution in [2.45, 2.75) is 103 Å². The maximum absolute atomic E-state index is 12.9. The molecule has 116 valence electrons. The summed E-state index contributed by atoms with van der Waals surface area (Å²) in [6, 6.07) is 0. The van der Waals surface area contributed by atoms with Crippen LogP contribution in [0, 0.1) is 5.41 Å². The number of carbonyl (C=O) groups is 1. The fraction of sp³-hybridized carbons (Fsp3) is 0.944. The van der Waals surface area contributed by atoms with Gasteiger partial charge in [-0.1, -0.05) is 46.0 Å². The average Bonchev–Trinajstić information content (AvgIpc) is 2.49. The van der Waals surface area contributed by atoms with Gasteiger partial charge in [-0.25, -0.2) is 0 Å². The van der Waals surface area contributed by atoms with Crippen LogP contribution in [-0.4, -0.2) is 11.6 Å². The van der Waals surface area contributed by atoms with Crippen molar-refractivity contribution >= 4 is 5.97 Å². The Balaban J connectivity index is 2.06. The summed E-state index contributed by atoms with van der Waals surface area (Å²) in [5.74, 6) is 0.134. The van der Waals surface area contributed by atoms with Crippen molar-refractivity contribution in [3.63, 3.8) is 0 Å². The monoisotopic (exact) mass is 280 g/mol. The Labute approximate surface area is 124 Å². The van der Waals surface area contributed by atoms with Crippen LogP contribution in [0.25, 0.3) is 0 Å². The number of hydrogen-bond donors (Lipinski definition) is 0. The molecule has 0 aromatic rings. The Morgan fingerprint density at radius 1 is 0.900 bits per heavy atom. The van der Waals surface area contributed by atoms with Crippen molar-refractivity contribution in [2.24, 2.45) is 5.41 Å². The van der Waals surface area contributed by atoms with Gasteiger partial charge in [0.05, 0.1) is 5.41 Å². The molecule has 2 saturated carbocycles. The Bertz CT molecular complexity index is 304. The van der Waals surface area contributed by atoms with E-state index < -0.39 is 0 Å². The van der Waals surface area contributed by atoms with Crippen molar-refractivity contribution in [2.75, 3.05) is 0 Å². The van der Waals surface area contributed by atoms with Gasteiger partial charge in [0.25, 0.3) is 0 Å². The van der Waals surface area contributed by atoms with Crippen LogP contribution >= 0.6 is 0 Å². The van der Waals surface area contributed by atoms with E-state index in [1.165, 1.54) is 38.5 Å². The molecular formula is C18H32O2. The van der Waals surface area contributed by atoms with Crippen LogP contribution in [-0.2, 0) is 9.53 Å². The molecule has 0 aliphatic heterocycles. The van der Waals surface area contributed by atoms with Gasteiger partial charge in [-0.05, 0) is 51.4 Å². The molecule has 2 nitrogen and oxygen atoms in total. The molecule has 2 rings (SSSR count). The van der Waals surface area contributed by atoms with Gasteiger partial charge in [0, 0.05) is 0 Å². The number of hydrogen-bond acceptors (Lipinski definition) is 2. The highest BCUT2D eigenvalue weighted by molar-refractivity contribution is 5.77. The van der Waals surface area contributed by atoms with Crippen LogP contribution in [0.4, 0.5) is 0 Å². The van der Waals surface area contributed by atoms with Crippen molar-refractivity contribution < 1.29 is 9.53 Å². The van der Waals surface area contributed by atoms with E-state index >= 15 is 0 Å². The second kappa shape index (κ2) is 6.95. The smallest absolute Gasteiger partial charge is 0.312 e. The van der Waals surface area contributed by atoms with E-state index in [0.29, 0.717) is 0 Å². The highest BCUT2D eigenvalue weighted by Gasteiger charge is 2.44. The lowest BCUT2D eigenvalue weighted by Crippen LogP contribution is -2.43. The van der Waals surface area contributed by atoms with Gasteiger partial charge in [-0.3, -0.25) is 4.79 Å². The van der Waals surface area contributed by atoms with Crippen LogP contribution < -0.4 is 0 Å². The largest absolute Gasteiger partial charge is 0.459 e. The average molecular weight is 280 g/mol. The third kappa shape index (κ3) is 3.38. The number of carbonyl (C=O) groups excluding carboxylic acids is 1. The minimum Gasteiger partial charge on any atom is -0.459 e. The van der Waals surface area contributed by atoms with E-state index in [1.807, 2.05) is 0 Å². The van der Waals surface area contributed by atoms with Gasteiger partial charge in [-0.2, -0.15) is 0 Å². The van der Waals surface area contributed by atoms with E-state index in [0.717, 1.165) is 44.9 Å². The maximum Gasteiger partial charge on any atom is 0.312 e. The fourth-order valence-corrected chi connectivity index (χ4v) is 4.29. The predicted molar refractivity (Wildman–Crippen MR) is 82.6 cm³/mol. The molecule has 0 spiro atoms. The van der Waals surface area contributed by atoms with Crippen molar-refractivity contribution in [3.05, 3.63) is 0 Å². The first kappa shape index (κ1) is 15.9. The van der Waals surface area contributed by atoms with Gasteiger partial charge >= 0.3 is 5.97 Å². The standard InChI is InChI=1S/C18H32O2/c1-3-11-18(14-9-6-10-15-18)20-16(19)17(4-2)12-7-5-8-13-17/h3-15H2,1-2H3. The van der Waals surface area contributed by atoms with E-state index in [-0.39, 0.29) is 17.0 Å². The molecule has 2 aliphatic rings. The van der Waals surface area contributed by atoms with Gasteiger partial charge in [0.2, 0.25) is 0 Å². The Hall–Kier alpha value is -0.530. The van der Waals surface area contributed by atoms with E-state index in [9.17, 15) is 4.79 Å². The summed E-state index contributed by atoms with van der Waals surface area (Å²) < 4.78 is 6.21. The lowest BCUT2D eigenvalue weighted by Gasteiger charge is -2.42. The Kier molecular flexibility index (Phi) is 5.51. The molecule has 0 N–H and O–H groups in total. The van der Waals surface area contributed by atoms with Gasteiger partial charge in [0.1, 0.15) is 5.60 Å². The third-order valence-electron chi connectivity index (χ3n) is 5.70. The topological polar surface area (TPSA) is 26.3 Å². The highest BCUT2D eigenvalue weighted by Crippen LogP contribution is 2.44. The molecule has 2 heteroatoms. The number of ether oxygens (including phenoxy) is 1. The molecule has 0 aromatic carbocycles. The van der Waals surface area contributed by atoms with Crippen LogP contribution in [0.15, 0.2) is 0 Å². The van der Waals surface area contributed by atoms with Gasteiger partial charge in [0.15, 0.2) is 0 Å². The molecule has 2 aliphatic carbocycles. The highest BCUT2D eigenvalue weighted by atomic mass is 16.6. The summed E-state index contributed by atoms with van der Waals surface area (Å²) in [5, 5.41) is 0. The molecular weight excluding hydrogens is 248 g/mol. The molecule has 0 atom stereocenters. The summed E-state index contributed by atoms with van der Waals surface area (Å²) in [5.41, 5.74) is -0.278. The van der Waals surface area contributed by atoms with Crippen molar-refractivity contribution in [1.82, 2.24) is 0 Å². The summed E-state index contributed by atoms with van der Waals surface area (Å²) in [6.07, 6.45) is 14.8. The second-order valence-corrected chi connectivity index (χ2v) is 7.08. The molecule has 0 radical (unpaired) electrons. The zero-order valence-corrected chi connectivity index (χ0v) is 13.5. The normalized spacial score (nSPS) is 25.1. The number of rotatable bonds is 5. The van der Waals surface area contributed by atoms with Crippen molar-refractivity contribution in [3.8, 4) is 0 Å². The quantitative estimate of drug-likeness (QED) is 0.631. The Morgan fingerprint density at radius 3 is 1.95 bits per heavy atom. The zero-order chi connectivity index (χ0) is 14.5. The third-order valence-corrected chi connectivity index (χ3v) is 5.70. The van der Waals surface area contributed by atoms with Gasteiger partial charge in [-0.15, -0.1) is 0 Å². The number of esters is 1. The maximum atomic E-state index is 12.9. The zero-order valence-electron chi connectivity index (χ0n) is 13.5. The summed E-state index contributed by atoms with van der Waals surface area (Å²) in [4.78, 5) is 12.9. The molecule has 0 bridgehead atoms. The van der Waals surface area contributed by atoms with Crippen LogP contribution in [0.1, 0.15) is 97.3 Å². The van der Waals surface area contributed by atoms with E-state index in [4.69, 9.17) is 4.74 Å². The predicted octanol–water partition coefficient (Wildman–Crippen LogP) is 5.39. The first-order chi connectivity index (χ1) is 9.66. The van der Waals surface area contributed by atoms with E-state index in [1.54, 1.807) is 0 Å². The molecule has 0 unspecified atom stereocenters. The van der Waals surface area contributed by atoms with Crippen LogP contribution in [0.3, 0.4) is 0 Å². The lowest BCUT2D eigenvalue weighted by atomic mass is 9.72. The van der Waals surface area contributed by atoms with Crippen LogP contribution in [0.5, 0.6) is 0 Å². The molecule has 0 heterocycles. The minimum absolute atomic E-state index is 0.121. The lowest BCUT2D eigenvalue weighted by molar-refractivity contribution is -0.179. The fourth-order valence-electron chi connectivity index (χ4n) is 4.29. The van der Waals surface area contributed by atoms with Gasteiger partial charge < -0.3 is 4.74 Å². The SMILES string of the molecule is CCCC1(OC(=O)C2(CC)CCCCC2)CCCCC1. The molecule has 0 saturated heterocycles. The van der Waals surface area contributed by atoms with Crippen LogP contribution in [0.2, 0.25) is 0 Å².